The van der Waals surface area contributed by atoms with Crippen LogP contribution in [-0.4, -0.2) is 67.8 Å². The SMILES string of the molecule is COCCS(=O)(=O)c1ccc2c(c1)CN(C(=O)OC(C)(C)C)C2C(=O)Nc1ccc(C(O)(C(F)(F)F)C(F)(F)F)cc1. The Morgan fingerprint density at radius 3 is 2.07 bits per heavy atom. The summed E-state index contributed by atoms with van der Waals surface area (Å²) in [7, 11) is -2.44. The molecule has 232 valence electrons. The molecule has 2 aromatic carbocycles. The fraction of sp³-hybridized carbons (Fsp3) is 0.462. The minimum atomic E-state index is -6.09. The van der Waals surface area contributed by atoms with Crippen LogP contribution in [0.3, 0.4) is 0 Å². The molecule has 0 spiro atoms. The molecular formula is C26H28F6N2O7S. The maximum absolute atomic E-state index is 13.4. The third-order valence-electron chi connectivity index (χ3n) is 6.24. The van der Waals surface area contributed by atoms with Gasteiger partial charge in [-0.15, -0.1) is 0 Å². The van der Waals surface area contributed by atoms with E-state index in [1.165, 1.54) is 25.3 Å². The van der Waals surface area contributed by atoms with Crippen LogP contribution in [-0.2, 0) is 36.3 Å². The predicted molar refractivity (Wildman–Crippen MR) is 136 cm³/mol. The maximum Gasteiger partial charge on any atom is 0.430 e. The van der Waals surface area contributed by atoms with Crippen molar-refractivity contribution in [2.75, 3.05) is 24.8 Å². The molecule has 3 rings (SSSR count). The van der Waals surface area contributed by atoms with E-state index in [0.717, 1.165) is 17.0 Å². The summed E-state index contributed by atoms with van der Waals surface area (Å²) in [5.74, 6) is -1.24. The van der Waals surface area contributed by atoms with Crippen LogP contribution in [0.1, 0.15) is 43.5 Å². The molecule has 0 saturated carbocycles. The second kappa shape index (κ2) is 11.4. The van der Waals surface area contributed by atoms with Crippen molar-refractivity contribution in [3.8, 4) is 0 Å². The molecular weight excluding hydrogens is 598 g/mol. The Kier molecular flexibility index (Phi) is 8.97. The molecule has 0 radical (unpaired) electrons. The lowest BCUT2D eigenvalue weighted by atomic mass is 9.92. The van der Waals surface area contributed by atoms with E-state index in [1.54, 1.807) is 20.8 Å². The third-order valence-corrected chi connectivity index (χ3v) is 7.92. The number of nitrogens with zero attached hydrogens (tertiary/aromatic N) is 1. The van der Waals surface area contributed by atoms with Crippen LogP contribution in [0, 0.1) is 0 Å². The topological polar surface area (TPSA) is 122 Å². The van der Waals surface area contributed by atoms with Crippen LogP contribution in [0.25, 0.3) is 0 Å². The Hall–Kier alpha value is -3.37. The van der Waals surface area contributed by atoms with Gasteiger partial charge in [0.1, 0.15) is 11.6 Å². The van der Waals surface area contributed by atoms with Crippen molar-refractivity contribution >= 4 is 27.5 Å². The summed E-state index contributed by atoms with van der Waals surface area (Å²) in [5.41, 5.74) is -7.37. The van der Waals surface area contributed by atoms with Crippen LogP contribution in [0.2, 0.25) is 0 Å². The van der Waals surface area contributed by atoms with Crippen LogP contribution >= 0.6 is 0 Å². The number of carbonyl (C=O) groups is 2. The van der Waals surface area contributed by atoms with E-state index in [-0.39, 0.29) is 35.1 Å². The highest BCUT2D eigenvalue weighted by Crippen LogP contribution is 2.50. The molecule has 1 heterocycles. The van der Waals surface area contributed by atoms with Gasteiger partial charge in [-0.25, -0.2) is 13.2 Å². The molecule has 1 atom stereocenters. The number of halogens is 6. The zero-order chi connectivity index (χ0) is 31.9. The molecule has 0 bridgehead atoms. The Morgan fingerprint density at radius 1 is 1.00 bits per heavy atom. The quantitative estimate of drug-likeness (QED) is 0.422. The molecule has 16 heteroatoms. The van der Waals surface area contributed by atoms with E-state index < -0.39 is 57.0 Å². The van der Waals surface area contributed by atoms with E-state index in [1.807, 2.05) is 0 Å². The van der Waals surface area contributed by atoms with Gasteiger partial charge in [0.2, 0.25) is 0 Å². The van der Waals surface area contributed by atoms with Gasteiger partial charge in [0.05, 0.1) is 23.8 Å². The highest BCUT2D eigenvalue weighted by Gasteiger charge is 2.71. The lowest BCUT2D eigenvalue weighted by molar-refractivity contribution is -0.376. The molecule has 42 heavy (non-hydrogen) atoms. The van der Waals surface area contributed by atoms with Crippen molar-refractivity contribution in [1.29, 1.82) is 0 Å². The summed E-state index contributed by atoms with van der Waals surface area (Å²) >= 11 is 0. The molecule has 0 fully saturated rings. The zero-order valence-electron chi connectivity index (χ0n) is 22.8. The van der Waals surface area contributed by atoms with Gasteiger partial charge in [0, 0.05) is 18.4 Å². The number of methoxy groups -OCH3 is 1. The Morgan fingerprint density at radius 2 is 1.57 bits per heavy atom. The third kappa shape index (κ3) is 6.65. The highest BCUT2D eigenvalue weighted by atomic mass is 32.2. The van der Waals surface area contributed by atoms with Gasteiger partial charge >= 0.3 is 18.4 Å². The van der Waals surface area contributed by atoms with Gasteiger partial charge in [-0.2, -0.15) is 26.3 Å². The first-order valence-corrected chi connectivity index (χ1v) is 13.9. The normalized spacial score (nSPS) is 16.3. The zero-order valence-corrected chi connectivity index (χ0v) is 23.6. The fourth-order valence-electron chi connectivity index (χ4n) is 4.20. The maximum atomic E-state index is 13.4. The van der Waals surface area contributed by atoms with Gasteiger partial charge in [0.15, 0.2) is 9.84 Å². The smallest absolute Gasteiger partial charge is 0.430 e. The number of aliphatic hydroxyl groups is 1. The van der Waals surface area contributed by atoms with E-state index in [0.29, 0.717) is 17.7 Å². The van der Waals surface area contributed by atoms with E-state index >= 15 is 0 Å². The van der Waals surface area contributed by atoms with Gasteiger partial charge in [0.25, 0.3) is 11.5 Å². The summed E-state index contributed by atoms with van der Waals surface area (Å²) in [5, 5.41) is 11.9. The van der Waals surface area contributed by atoms with Crippen LogP contribution < -0.4 is 5.32 Å². The number of ether oxygens (including phenoxy) is 2. The lowest BCUT2D eigenvalue weighted by Gasteiger charge is -2.32. The predicted octanol–water partition coefficient (Wildman–Crippen LogP) is 4.85. The van der Waals surface area contributed by atoms with Gasteiger partial charge in [-0.1, -0.05) is 18.2 Å². The second-order valence-electron chi connectivity index (χ2n) is 10.5. The van der Waals surface area contributed by atoms with Crippen molar-refractivity contribution in [1.82, 2.24) is 4.90 Å². The number of hydrogen-bond donors (Lipinski definition) is 2. The molecule has 2 amide bonds. The molecule has 1 unspecified atom stereocenters. The number of benzene rings is 2. The number of rotatable bonds is 7. The molecule has 2 aromatic rings. The Balaban J connectivity index is 1.97. The lowest BCUT2D eigenvalue weighted by Crippen LogP contribution is -2.53. The number of fused-ring (bicyclic) bond motifs is 1. The van der Waals surface area contributed by atoms with Crippen molar-refractivity contribution in [3.05, 3.63) is 59.2 Å². The molecule has 0 aromatic heterocycles. The number of alkyl halides is 6. The number of amides is 2. The first kappa shape index (κ1) is 33.1. The Labute approximate surface area is 237 Å². The molecule has 1 aliphatic rings. The number of sulfone groups is 1. The van der Waals surface area contributed by atoms with Gasteiger partial charge < -0.3 is 19.9 Å². The fourth-order valence-corrected chi connectivity index (χ4v) is 5.42. The first-order chi connectivity index (χ1) is 19.1. The number of anilines is 1. The van der Waals surface area contributed by atoms with E-state index in [9.17, 15) is 49.5 Å². The molecule has 0 aliphatic carbocycles. The number of hydrogen-bond acceptors (Lipinski definition) is 7. The van der Waals surface area contributed by atoms with E-state index in [2.05, 4.69) is 5.32 Å². The summed E-state index contributed by atoms with van der Waals surface area (Å²) in [6.07, 6.45) is -13.1. The highest BCUT2D eigenvalue weighted by molar-refractivity contribution is 7.91. The number of nitrogens with one attached hydrogen (secondary N) is 1. The van der Waals surface area contributed by atoms with Gasteiger partial charge in [-0.3, -0.25) is 9.69 Å². The monoisotopic (exact) mass is 626 g/mol. The Bertz CT molecular complexity index is 1420. The second-order valence-corrected chi connectivity index (χ2v) is 12.6. The summed E-state index contributed by atoms with van der Waals surface area (Å²) in [6.45, 7) is 4.42. The largest absolute Gasteiger partial charge is 0.444 e. The summed E-state index contributed by atoms with van der Waals surface area (Å²) < 4.78 is 115. The van der Waals surface area contributed by atoms with Crippen molar-refractivity contribution < 1.29 is 58.9 Å². The first-order valence-electron chi connectivity index (χ1n) is 12.2. The van der Waals surface area contributed by atoms with E-state index in [4.69, 9.17) is 9.47 Å². The van der Waals surface area contributed by atoms with Crippen molar-refractivity contribution in [3.63, 3.8) is 0 Å². The number of carbonyl (C=O) groups excluding carboxylic acids is 2. The minimum Gasteiger partial charge on any atom is -0.444 e. The molecule has 1 aliphatic heterocycles. The molecule has 9 nitrogen and oxygen atoms in total. The standard InChI is InChI=1S/C26H28F6N2O7S/c1-23(2,3)41-22(36)34-14-15-13-18(42(38,39)12-11-40-4)9-10-19(15)20(34)21(35)33-17-7-5-16(6-8-17)24(37,25(27,28)29)26(30,31)32/h5-10,13,20,37H,11-12,14H2,1-4H3,(H,33,35). The van der Waals surface area contributed by atoms with Crippen LogP contribution in [0.4, 0.5) is 36.8 Å². The average Bonchev–Trinajstić information content (AvgIpc) is 3.24. The average molecular weight is 627 g/mol. The van der Waals surface area contributed by atoms with Gasteiger partial charge in [-0.05, 0) is 56.2 Å². The molecule has 0 saturated heterocycles. The van der Waals surface area contributed by atoms with Crippen LogP contribution in [0.15, 0.2) is 47.4 Å². The van der Waals surface area contributed by atoms with Crippen molar-refractivity contribution in [2.24, 2.45) is 0 Å². The van der Waals surface area contributed by atoms with Crippen molar-refractivity contribution in [2.45, 2.75) is 61.8 Å². The van der Waals surface area contributed by atoms with Crippen LogP contribution in [0.5, 0.6) is 0 Å². The summed E-state index contributed by atoms with van der Waals surface area (Å²) in [4.78, 5) is 27.3. The summed E-state index contributed by atoms with van der Waals surface area (Å²) in [6, 6.07) is 4.67. The minimum absolute atomic E-state index is 0.0728. The molecule has 2 N–H and O–H groups in total.